The second-order valence-electron chi connectivity index (χ2n) is 8.13. The van der Waals surface area contributed by atoms with Gasteiger partial charge >= 0.3 is 23.9 Å². The molecule has 0 N–H and O–H groups in total. The van der Waals surface area contributed by atoms with E-state index in [0.717, 1.165) is 0 Å². The van der Waals surface area contributed by atoms with Gasteiger partial charge < -0.3 is 28.7 Å². The maximum absolute atomic E-state index is 12.0. The van der Waals surface area contributed by atoms with E-state index in [-0.39, 0.29) is 48.7 Å². The highest BCUT2D eigenvalue weighted by atomic mass is 16.6. The van der Waals surface area contributed by atoms with E-state index in [4.69, 9.17) is 29.5 Å². The van der Waals surface area contributed by atoms with Crippen LogP contribution in [0.25, 0.3) is 0 Å². The lowest BCUT2D eigenvalue weighted by Crippen LogP contribution is -2.24. The predicted octanol–water partition coefficient (Wildman–Crippen LogP) is 2.10. The number of nitrogens with zero attached hydrogens (tertiary/aromatic N) is 4. The summed E-state index contributed by atoms with van der Waals surface area (Å²) in [5, 5.41) is 18.3. The Morgan fingerprint density at radius 1 is 0.650 bits per heavy atom. The number of carbonyl (C=O) groups excluding carboxylic acids is 4. The molecule has 0 saturated heterocycles. The summed E-state index contributed by atoms with van der Waals surface area (Å²) in [4.78, 5) is 50.1. The molecule has 0 unspecified atom stereocenters. The van der Waals surface area contributed by atoms with Crippen molar-refractivity contribution >= 4 is 23.9 Å². The molecule has 12 heteroatoms. The molecule has 0 atom stereocenters. The minimum Gasteiger partial charge on any atom is -0.459 e. The number of rotatable bonds is 17. The van der Waals surface area contributed by atoms with Crippen LogP contribution in [0.1, 0.15) is 13.8 Å². The molecule has 12 nitrogen and oxygen atoms in total. The van der Waals surface area contributed by atoms with Crippen LogP contribution in [-0.4, -0.2) is 87.3 Å². The maximum Gasteiger partial charge on any atom is 0.349 e. The number of hydrogen-bond donors (Lipinski definition) is 0. The van der Waals surface area contributed by atoms with Gasteiger partial charge in [0, 0.05) is 38.3 Å². The van der Waals surface area contributed by atoms with Gasteiger partial charge in [-0.05, 0) is 50.6 Å². The number of likely N-dealkylation sites (N-methyl/N-ethyl adjacent to an activating group) is 2. The minimum absolute atomic E-state index is 0.150. The van der Waals surface area contributed by atoms with Crippen LogP contribution in [0.2, 0.25) is 0 Å². The van der Waals surface area contributed by atoms with E-state index >= 15 is 0 Å². The summed E-state index contributed by atoms with van der Waals surface area (Å²) in [6.07, 6.45) is 8.97. The van der Waals surface area contributed by atoms with Crippen LogP contribution in [0.5, 0.6) is 0 Å². The molecule has 0 aliphatic rings. The first-order valence-electron chi connectivity index (χ1n) is 11.9. The molecular weight excluding hydrogens is 520 g/mol. The van der Waals surface area contributed by atoms with Crippen molar-refractivity contribution < 1.29 is 38.1 Å². The molecule has 0 radical (unpaired) electrons. The Morgan fingerprint density at radius 2 is 0.950 bits per heavy atom. The van der Waals surface area contributed by atoms with Crippen molar-refractivity contribution in [3.05, 3.63) is 72.2 Å². The molecule has 0 amide bonds. The molecular formula is C28H34N4O8. The zero-order chi connectivity index (χ0) is 30.5. The molecule has 0 spiro atoms. The quantitative estimate of drug-likeness (QED) is 0.0644. The average Bonchev–Trinajstić information content (AvgIpc) is 2.91. The third-order valence-electron chi connectivity index (χ3n) is 4.49. The molecule has 0 aromatic rings. The molecule has 0 aliphatic heterocycles. The van der Waals surface area contributed by atoms with Gasteiger partial charge in [0.1, 0.15) is 49.7 Å². The molecule has 0 heterocycles. The first-order valence-corrected chi connectivity index (χ1v) is 11.9. The highest BCUT2D eigenvalue weighted by Crippen LogP contribution is 2.01. The molecule has 0 aliphatic carbocycles. The van der Waals surface area contributed by atoms with E-state index in [1.54, 1.807) is 38.6 Å². The number of carbonyl (C=O) groups is 4. The van der Waals surface area contributed by atoms with E-state index in [1.807, 2.05) is 9.80 Å². The van der Waals surface area contributed by atoms with Gasteiger partial charge in [0.05, 0.1) is 0 Å². The van der Waals surface area contributed by atoms with Crippen LogP contribution in [0.4, 0.5) is 0 Å². The van der Waals surface area contributed by atoms with Gasteiger partial charge in [-0.3, -0.25) is 0 Å². The fraction of sp³-hybridized carbons (Fsp3) is 0.357. The van der Waals surface area contributed by atoms with Crippen LogP contribution >= 0.6 is 0 Å². The normalized spacial score (nSPS) is 11.2. The van der Waals surface area contributed by atoms with Crippen molar-refractivity contribution in [2.45, 2.75) is 13.8 Å². The van der Waals surface area contributed by atoms with Crippen molar-refractivity contribution in [1.82, 2.24) is 9.80 Å². The number of esters is 4. The SMILES string of the molecule is C=C(C)C(=O)OCCOC(=O)C(C#N)=CC=CN(C)CCN(C)C=CC=C(C#N)C(=O)OCCOC(=O)C(=C)C. The van der Waals surface area contributed by atoms with Gasteiger partial charge in [-0.25, -0.2) is 19.2 Å². The van der Waals surface area contributed by atoms with Crippen LogP contribution in [-0.2, 0) is 38.1 Å². The van der Waals surface area contributed by atoms with E-state index in [2.05, 4.69) is 13.2 Å². The van der Waals surface area contributed by atoms with Gasteiger partial charge in [0.15, 0.2) is 0 Å². The summed E-state index contributed by atoms with van der Waals surface area (Å²) in [6, 6.07) is 3.51. The third-order valence-corrected chi connectivity index (χ3v) is 4.49. The van der Waals surface area contributed by atoms with Crippen molar-refractivity contribution in [2.75, 3.05) is 53.6 Å². The molecule has 0 bridgehead atoms. The third kappa shape index (κ3) is 15.9. The average molecular weight is 555 g/mol. The Balaban J connectivity index is 4.59. The summed E-state index contributed by atoms with van der Waals surface area (Å²) in [5.74, 6) is -2.88. The Morgan fingerprint density at radius 3 is 1.23 bits per heavy atom. The fourth-order valence-corrected chi connectivity index (χ4v) is 2.28. The molecule has 0 aromatic carbocycles. The highest BCUT2D eigenvalue weighted by molar-refractivity contribution is 5.93. The lowest BCUT2D eigenvalue weighted by Gasteiger charge is -2.19. The second kappa shape index (κ2) is 19.9. The molecule has 0 rings (SSSR count). The van der Waals surface area contributed by atoms with Gasteiger partial charge in [0.2, 0.25) is 0 Å². The number of nitriles is 2. The molecule has 40 heavy (non-hydrogen) atoms. The standard InChI is InChI=1S/C28H34N4O8/c1-21(2)25(33)37-15-17-39-27(35)23(19-29)9-7-11-31(5)13-14-32(6)12-8-10-24(20-30)28(36)40-18-16-38-26(34)22(3)4/h7-12H,1,3,13-18H2,2,4-6H3. The number of allylic oxidation sites excluding steroid dienone is 4. The van der Waals surface area contributed by atoms with E-state index in [1.165, 1.54) is 38.2 Å². The van der Waals surface area contributed by atoms with Crippen molar-refractivity contribution in [2.24, 2.45) is 0 Å². The van der Waals surface area contributed by atoms with E-state index in [0.29, 0.717) is 13.1 Å². The lowest BCUT2D eigenvalue weighted by atomic mass is 10.2. The zero-order valence-electron chi connectivity index (χ0n) is 23.2. The van der Waals surface area contributed by atoms with Gasteiger partial charge in [-0.15, -0.1) is 0 Å². The summed E-state index contributed by atoms with van der Waals surface area (Å²) in [5.41, 5.74) is 0.00628. The molecule has 0 fully saturated rings. The maximum atomic E-state index is 12.0. The Kier molecular flexibility index (Phi) is 17.4. The summed E-state index contributed by atoms with van der Waals surface area (Å²) < 4.78 is 19.4. The first-order chi connectivity index (χ1) is 18.9. The smallest absolute Gasteiger partial charge is 0.349 e. The van der Waals surface area contributed by atoms with E-state index in [9.17, 15) is 19.2 Å². The Labute approximate surface area is 234 Å². The van der Waals surface area contributed by atoms with Crippen molar-refractivity contribution in [3.63, 3.8) is 0 Å². The zero-order valence-corrected chi connectivity index (χ0v) is 23.2. The van der Waals surface area contributed by atoms with Crippen LogP contribution < -0.4 is 0 Å². The molecule has 0 saturated carbocycles. The van der Waals surface area contributed by atoms with E-state index < -0.39 is 23.9 Å². The predicted molar refractivity (Wildman–Crippen MR) is 144 cm³/mol. The van der Waals surface area contributed by atoms with Gasteiger partial charge in [-0.1, -0.05) is 13.2 Å². The number of hydrogen-bond acceptors (Lipinski definition) is 12. The molecule has 0 aromatic heterocycles. The Bertz CT molecular complexity index is 1060. The van der Waals surface area contributed by atoms with Crippen LogP contribution in [0.15, 0.2) is 72.2 Å². The van der Waals surface area contributed by atoms with Gasteiger partial charge in [-0.2, -0.15) is 10.5 Å². The topological polar surface area (TPSA) is 159 Å². The Hall–Kier alpha value is -5.10. The monoisotopic (exact) mass is 554 g/mol. The van der Waals surface area contributed by atoms with Crippen LogP contribution in [0, 0.1) is 22.7 Å². The fourth-order valence-electron chi connectivity index (χ4n) is 2.28. The van der Waals surface area contributed by atoms with Gasteiger partial charge in [0.25, 0.3) is 0 Å². The molecule has 214 valence electrons. The van der Waals surface area contributed by atoms with Crippen molar-refractivity contribution in [1.29, 1.82) is 10.5 Å². The lowest BCUT2D eigenvalue weighted by molar-refractivity contribution is -0.147. The summed E-state index contributed by atoms with van der Waals surface area (Å²) >= 11 is 0. The number of ether oxygens (including phenoxy) is 4. The van der Waals surface area contributed by atoms with Crippen molar-refractivity contribution in [3.8, 4) is 12.1 Å². The highest BCUT2D eigenvalue weighted by Gasteiger charge is 2.11. The summed E-state index contributed by atoms with van der Waals surface area (Å²) in [6.45, 7) is 10.3. The summed E-state index contributed by atoms with van der Waals surface area (Å²) in [7, 11) is 3.58. The van der Waals surface area contributed by atoms with Crippen LogP contribution in [0.3, 0.4) is 0 Å². The minimum atomic E-state index is -0.842. The largest absolute Gasteiger partial charge is 0.459 e. The first kappa shape index (κ1) is 34.9. The second-order valence-corrected chi connectivity index (χ2v) is 8.13.